The van der Waals surface area contributed by atoms with E-state index in [0.717, 1.165) is 24.6 Å². The summed E-state index contributed by atoms with van der Waals surface area (Å²) in [5.41, 5.74) is 0.991. The first-order chi connectivity index (χ1) is 19.4. The number of methoxy groups -OCH3 is 2. The minimum absolute atomic E-state index is 0. The van der Waals surface area contributed by atoms with Crippen LogP contribution in [0.2, 0.25) is 5.02 Å². The smallest absolute Gasteiger partial charge is 0.329 e. The summed E-state index contributed by atoms with van der Waals surface area (Å²) in [6, 6.07) is 14.2. The summed E-state index contributed by atoms with van der Waals surface area (Å²) in [5, 5.41) is 19.0. The van der Waals surface area contributed by atoms with E-state index in [0.29, 0.717) is 58.2 Å². The van der Waals surface area contributed by atoms with Crippen molar-refractivity contribution < 1.29 is 24.2 Å². The molecule has 2 heterocycles. The molecule has 1 atom stereocenters. The van der Waals surface area contributed by atoms with E-state index >= 15 is 0 Å². The second kappa shape index (κ2) is 13.7. The first-order valence-corrected chi connectivity index (χ1v) is 13.5. The highest BCUT2D eigenvalue weighted by atomic mass is 35.5. The summed E-state index contributed by atoms with van der Waals surface area (Å²) >= 11 is 6.22. The van der Waals surface area contributed by atoms with Crippen LogP contribution in [0.3, 0.4) is 0 Å². The minimum atomic E-state index is -1.47. The lowest BCUT2D eigenvalue weighted by atomic mass is 9.83. The van der Waals surface area contributed by atoms with Crippen LogP contribution in [0, 0.1) is 6.42 Å². The van der Waals surface area contributed by atoms with Crippen molar-refractivity contribution in [2.75, 3.05) is 14.2 Å². The van der Waals surface area contributed by atoms with Gasteiger partial charge in [0.15, 0.2) is 5.69 Å². The number of aromatic nitrogens is 3. The predicted molar refractivity (Wildman–Crippen MR) is 166 cm³/mol. The molecule has 1 aliphatic carbocycles. The zero-order valence-corrected chi connectivity index (χ0v) is 23.1. The number of fused-ring (bicyclic) bond motifs is 1. The molecule has 2 N–H and O–H groups in total. The number of ether oxygens (including phenoxy) is 2. The van der Waals surface area contributed by atoms with Gasteiger partial charge in [0.05, 0.1) is 36.7 Å². The van der Waals surface area contributed by atoms with Crippen LogP contribution in [0.1, 0.15) is 63.9 Å². The van der Waals surface area contributed by atoms with Gasteiger partial charge >= 0.3 is 5.97 Å². The number of hydrogen-bond donors (Lipinski definition) is 2. The summed E-state index contributed by atoms with van der Waals surface area (Å²) in [4.78, 5) is 30.6. The third kappa shape index (κ3) is 6.21. The van der Waals surface area contributed by atoms with Gasteiger partial charge in [-0.1, -0.05) is 58.2 Å². The van der Waals surface area contributed by atoms with Crippen LogP contribution in [0.15, 0.2) is 54.7 Å². The molecule has 0 bridgehead atoms. The minimum Gasteiger partial charge on any atom is -0.496 e. The number of carboxylic acid groups (broad SMARTS) is 1. The molecular formula is C32H38ClN4O5. The fourth-order valence-corrected chi connectivity index (χ4v) is 5.39. The second-order valence-electron chi connectivity index (χ2n) is 9.74. The molecule has 1 fully saturated rings. The molecule has 9 nitrogen and oxygen atoms in total. The molecule has 223 valence electrons. The topological polar surface area (TPSA) is 116 Å². The standard InChI is InChI=1S/C30H30ClN4O5.2CH4/c1-39-25-9-8-10-26(40-2)27(25)24-18-22(28(36)33-30(29(37)38)14-6-4-3-5-7-15-30)34-35(24)23-13-16-32-21-17-19(31)11-12-20(21)23;;/h8-14,16-18H,3-7,15H2,1-2H3,(H,33,36)(H,37,38);2*1H4. The SMILES string of the molecule is C.C.COc1cccc(OC)c1-c1cc(C(=O)NC2(C(=O)O)[CH]CCCCCC2)nn1-c1ccnc2cc(Cl)ccc12. The maximum atomic E-state index is 13.7. The molecule has 0 aliphatic heterocycles. The Hall–Kier alpha value is -4.11. The van der Waals surface area contributed by atoms with E-state index < -0.39 is 17.4 Å². The van der Waals surface area contributed by atoms with E-state index in [4.69, 9.17) is 26.2 Å². The fraction of sp³-hybridized carbons (Fsp3) is 0.344. The zero-order chi connectivity index (χ0) is 28.3. The monoisotopic (exact) mass is 593 g/mol. The lowest BCUT2D eigenvalue weighted by Gasteiger charge is -2.31. The fourth-order valence-electron chi connectivity index (χ4n) is 5.23. The van der Waals surface area contributed by atoms with Gasteiger partial charge in [-0.25, -0.2) is 9.48 Å². The Kier molecular flexibility index (Phi) is 10.6. The van der Waals surface area contributed by atoms with E-state index in [2.05, 4.69) is 10.3 Å². The Bertz CT molecular complexity index is 1540. The molecule has 1 amide bonds. The zero-order valence-electron chi connectivity index (χ0n) is 22.3. The average Bonchev–Trinajstić information content (AvgIpc) is 3.38. The molecule has 1 aliphatic rings. The van der Waals surface area contributed by atoms with Gasteiger partial charge in [-0.3, -0.25) is 9.78 Å². The van der Waals surface area contributed by atoms with Crippen LogP contribution < -0.4 is 14.8 Å². The van der Waals surface area contributed by atoms with Crippen LogP contribution in [0.4, 0.5) is 0 Å². The Labute approximate surface area is 251 Å². The van der Waals surface area contributed by atoms with Crippen LogP contribution in [-0.4, -0.2) is 51.5 Å². The molecule has 0 saturated heterocycles. The van der Waals surface area contributed by atoms with Gasteiger partial charge < -0.3 is 19.9 Å². The van der Waals surface area contributed by atoms with Crippen molar-refractivity contribution >= 4 is 34.4 Å². The first kappa shape index (κ1) is 32.4. The number of pyridine rings is 1. The molecule has 1 saturated carbocycles. The number of aliphatic carboxylic acids is 1. The number of benzene rings is 2. The highest BCUT2D eigenvalue weighted by Gasteiger charge is 2.40. The normalized spacial score (nSPS) is 14.5. The number of hydrogen-bond acceptors (Lipinski definition) is 6. The summed E-state index contributed by atoms with van der Waals surface area (Å²) in [7, 11) is 3.11. The summed E-state index contributed by atoms with van der Waals surface area (Å²) in [6.45, 7) is 0. The molecule has 42 heavy (non-hydrogen) atoms. The van der Waals surface area contributed by atoms with Gasteiger partial charge in [0.25, 0.3) is 5.91 Å². The Morgan fingerprint density at radius 1 is 1.00 bits per heavy atom. The Morgan fingerprint density at radius 3 is 2.40 bits per heavy atom. The van der Waals surface area contributed by atoms with E-state index in [9.17, 15) is 14.7 Å². The summed E-state index contributed by atoms with van der Waals surface area (Å²) in [5.74, 6) is -0.631. The second-order valence-corrected chi connectivity index (χ2v) is 10.2. The number of carbonyl (C=O) groups excluding carboxylic acids is 1. The van der Waals surface area contributed by atoms with E-state index in [-0.39, 0.29) is 20.5 Å². The number of carboxylic acids is 1. The maximum absolute atomic E-state index is 13.7. The quantitative estimate of drug-likeness (QED) is 0.234. The first-order valence-electron chi connectivity index (χ1n) is 13.1. The number of nitrogens with zero attached hydrogens (tertiary/aromatic N) is 3. The van der Waals surface area contributed by atoms with Gasteiger partial charge in [-0.05, 0) is 61.7 Å². The summed E-state index contributed by atoms with van der Waals surface area (Å²) < 4.78 is 13.0. The van der Waals surface area contributed by atoms with E-state index in [1.54, 1.807) is 74.0 Å². The summed E-state index contributed by atoms with van der Waals surface area (Å²) in [6.07, 6.45) is 7.83. The van der Waals surface area contributed by atoms with Crippen molar-refractivity contribution in [3.63, 3.8) is 0 Å². The lowest BCUT2D eigenvalue weighted by Crippen LogP contribution is -2.55. The van der Waals surface area contributed by atoms with Crippen molar-refractivity contribution in [2.24, 2.45) is 0 Å². The number of halogens is 1. The average molecular weight is 594 g/mol. The van der Waals surface area contributed by atoms with Gasteiger partial charge in [0.2, 0.25) is 0 Å². The van der Waals surface area contributed by atoms with Gasteiger partial charge in [-0.15, -0.1) is 0 Å². The van der Waals surface area contributed by atoms with Crippen LogP contribution in [0.5, 0.6) is 11.5 Å². The maximum Gasteiger partial charge on any atom is 0.329 e. The molecule has 2 aromatic heterocycles. The van der Waals surface area contributed by atoms with Crippen LogP contribution >= 0.6 is 11.6 Å². The largest absolute Gasteiger partial charge is 0.496 e. The lowest BCUT2D eigenvalue weighted by molar-refractivity contribution is -0.143. The number of amides is 1. The van der Waals surface area contributed by atoms with Crippen molar-refractivity contribution in [3.8, 4) is 28.4 Å². The number of nitrogens with one attached hydrogen (secondary N) is 1. The third-order valence-corrected chi connectivity index (χ3v) is 7.51. The molecule has 2 aromatic carbocycles. The van der Waals surface area contributed by atoms with Crippen molar-refractivity contribution in [1.82, 2.24) is 20.1 Å². The van der Waals surface area contributed by atoms with E-state index in [1.807, 2.05) is 6.07 Å². The van der Waals surface area contributed by atoms with E-state index in [1.165, 1.54) is 0 Å². The molecule has 5 rings (SSSR count). The van der Waals surface area contributed by atoms with Gasteiger partial charge in [0, 0.05) is 16.6 Å². The van der Waals surface area contributed by atoms with Crippen molar-refractivity contribution in [3.05, 3.63) is 71.9 Å². The molecule has 1 radical (unpaired) electrons. The van der Waals surface area contributed by atoms with Crippen LogP contribution in [-0.2, 0) is 4.79 Å². The highest BCUT2D eigenvalue weighted by molar-refractivity contribution is 6.31. The predicted octanol–water partition coefficient (Wildman–Crippen LogP) is 7.14. The molecule has 1 unspecified atom stereocenters. The molecule has 4 aromatic rings. The van der Waals surface area contributed by atoms with Crippen LogP contribution in [0.25, 0.3) is 27.8 Å². The van der Waals surface area contributed by atoms with Gasteiger partial charge in [0.1, 0.15) is 17.0 Å². The molecular weight excluding hydrogens is 556 g/mol. The molecule has 10 heteroatoms. The van der Waals surface area contributed by atoms with Crippen molar-refractivity contribution in [1.29, 1.82) is 0 Å². The Balaban J connectivity index is 0.00000242. The third-order valence-electron chi connectivity index (χ3n) is 7.27. The highest BCUT2D eigenvalue weighted by Crippen LogP contribution is 2.40. The van der Waals surface area contributed by atoms with Gasteiger partial charge in [-0.2, -0.15) is 5.10 Å². The number of carbonyl (C=O) groups is 2. The molecule has 0 spiro atoms. The Morgan fingerprint density at radius 2 is 1.71 bits per heavy atom. The number of rotatable bonds is 7. The van der Waals surface area contributed by atoms with Crippen molar-refractivity contribution in [2.45, 2.75) is 58.9 Å².